The number of esters is 1. The molecule has 0 saturated carbocycles. The van der Waals surface area contributed by atoms with Crippen molar-refractivity contribution in [2.45, 2.75) is 40.5 Å². The van der Waals surface area contributed by atoms with Crippen LogP contribution in [0.2, 0.25) is 0 Å². The average molecular weight is 352 g/mol. The number of hydrogen-bond acceptors (Lipinski definition) is 3. The predicted octanol–water partition coefficient (Wildman–Crippen LogP) is 4.61. The number of aromatic nitrogens is 1. The van der Waals surface area contributed by atoms with Crippen molar-refractivity contribution in [1.29, 1.82) is 0 Å². The SMILES string of the molecule is CC.CCc1c(CC(=O)OC)c(C)nc2c(Br)cccc12. The van der Waals surface area contributed by atoms with Gasteiger partial charge in [-0.25, -0.2) is 0 Å². The first kappa shape index (κ1) is 17.6. The Morgan fingerprint density at radius 1 is 1.29 bits per heavy atom. The molecule has 0 N–H and O–H groups in total. The van der Waals surface area contributed by atoms with E-state index in [1.54, 1.807) is 0 Å². The van der Waals surface area contributed by atoms with E-state index in [0.717, 1.165) is 33.1 Å². The molecule has 2 aromatic rings. The van der Waals surface area contributed by atoms with Gasteiger partial charge in [0.05, 0.1) is 19.0 Å². The van der Waals surface area contributed by atoms with Crippen LogP contribution in [-0.2, 0) is 22.4 Å². The van der Waals surface area contributed by atoms with Crippen LogP contribution < -0.4 is 0 Å². The number of nitrogens with zero attached hydrogens (tertiary/aromatic N) is 1. The number of methoxy groups -OCH3 is 1. The van der Waals surface area contributed by atoms with Crippen LogP contribution in [0.5, 0.6) is 0 Å². The molecule has 0 radical (unpaired) electrons. The van der Waals surface area contributed by atoms with Crippen LogP contribution in [0.4, 0.5) is 0 Å². The van der Waals surface area contributed by atoms with Gasteiger partial charge in [0.1, 0.15) is 0 Å². The number of ether oxygens (including phenoxy) is 1. The monoisotopic (exact) mass is 351 g/mol. The minimum atomic E-state index is -0.228. The number of benzene rings is 1. The summed E-state index contributed by atoms with van der Waals surface area (Å²) in [7, 11) is 1.41. The second-order valence-corrected chi connectivity index (χ2v) is 5.25. The quantitative estimate of drug-likeness (QED) is 0.758. The summed E-state index contributed by atoms with van der Waals surface area (Å²) in [5, 5.41) is 1.10. The van der Waals surface area contributed by atoms with Crippen molar-refractivity contribution in [3.05, 3.63) is 39.5 Å². The van der Waals surface area contributed by atoms with E-state index in [4.69, 9.17) is 4.74 Å². The molecule has 0 aliphatic rings. The minimum absolute atomic E-state index is 0.228. The summed E-state index contributed by atoms with van der Waals surface area (Å²) in [6.45, 7) is 8.03. The van der Waals surface area contributed by atoms with E-state index in [0.29, 0.717) is 0 Å². The fourth-order valence-corrected chi connectivity index (χ4v) is 2.80. The van der Waals surface area contributed by atoms with Crippen LogP contribution in [-0.4, -0.2) is 18.1 Å². The van der Waals surface area contributed by atoms with Crippen molar-refractivity contribution in [2.75, 3.05) is 7.11 Å². The van der Waals surface area contributed by atoms with Gasteiger partial charge in [0.15, 0.2) is 0 Å². The number of rotatable bonds is 3. The van der Waals surface area contributed by atoms with E-state index >= 15 is 0 Å². The molecule has 0 amide bonds. The van der Waals surface area contributed by atoms with E-state index in [1.165, 1.54) is 12.7 Å². The molecule has 0 aliphatic carbocycles. The zero-order valence-electron chi connectivity index (χ0n) is 13.3. The van der Waals surface area contributed by atoms with Crippen LogP contribution >= 0.6 is 15.9 Å². The number of para-hydroxylation sites is 1. The highest BCUT2D eigenvalue weighted by Crippen LogP contribution is 2.29. The lowest BCUT2D eigenvalue weighted by Gasteiger charge is -2.14. The fraction of sp³-hybridized carbons (Fsp3) is 0.412. The maximum atomic E-state index is 11.5. The van der Waals surface area contributed by atoms with Crippen molar-refractivity contribution in [3.8, 4) is 0 Å². The molecule has 4 heteroatoms. The summed E-state index contributed by atoms with van der Waals surface area (Å²) in [5.41, 5.74) is 4.00. The minimum Gasteiger partial charge on any atom is -0.469 e. The first-order valence-electron chi connectivity index (χ1n) is 7.21. The molecule has 0 spiro atoms. The Bertz CT molecular complexity index is 638. The molecule has 0 unspecified atom stereocenters. The largest absolute Gasteiger partial charge is 0.469 e. The third-order valence-corrected chi connectivity index (χ3v) is 3.93. The van der Waals surface area contributed by atoms with Crippen molar-refractivity contribution >= 4 is 32.8 Å². The number of hydrogen-bond donors (Lipinski definition) is 0. The topological polar surface area (TPSA) is 39.2 Å². The fourth-order valence-electron chi connectivity index (χ4n) is 2.34. The van der Waals surface area contributed by atoms with Gasteiger partial charge in [0.25, 0.3) is 0 Å². The number of pyridine rings is 1. The summed E-state index contributed by atoms with van der Waals surface area (Å²) < 4.78 is 5.75. The van der Waals surface area contributed by atoms with Gasteiger partial charge < -0.3 is 4.74 Å². The summed E-state index contributed by atoms with van der Waals surface area (Å²) in [6, 6.07) is 6.02. The Balaban J connectivity index is 0.00000106. The number of aryl methyl sites for hydroxylation is 2. The molecule has 2 rings (SSSR count). The second-order valence-electron chi connectivity index (χ2n) is 4.40. The van der Waals surface area contributed by atoms with E-state index in [1.807, 2.05) is 39.0 Å². The van der Waals surface area contributed by atoms with Gasteiger partial charge in [0, 0.05) is 15.6 Å². The van der Waals surface area contributed by atoms with Crippen LogP contribution in [0.1, 0.15) is 37.6 Å². The zero-order valence-corrected chi connectivity index (χ0v) is 14.9. The van der Waals surface area contributed by atoms with Gasteiger partial charge in [-0.05, 0) is 46.5 Å². The number of carbonyl (C=O) groups is 1. The lowest BCUT2D eigenvalue weighted by molar-refractivity contribution is -0.139. The normalized spacial score (nSPS) is 10.0. The Hall–Kier alpha value is -1.42. The molecule has 0 fully saturated rings. The van der Waals surface area contributed by atoms with Crippen molar-refractivity contribution < 1.29 is 9.53 Å². The summed E-state index contributed by atoms with van der Waals surface area (Å²) in [4.78, 5) is 16.2. The van der Waals surface area contributed by atoms with Crippen LogP contribution in [0.15, 0.2) is 22.7 Å². The van der Waals surface area contributed by atoms with Gasteiger partial charge in [-0.3, -0.25) is 9.78 Å². The molecule has 114 valence electrons. The molecule has 0 bridgehead atoms. The zero-order chi connectivity index (χ0) is 16.0. The molecule has 3 nitrogen and oxygen atoms in total. The highest BCUT2D eigenvalue weighted by molar-refractivity contribution is 9.10. The summed E-state index contributed by atoms with van der Waals surface area (Å²) in [6.07, 6.45) is 1.14. The Morgan fingerprint density at radius 3 is 2.52 bits per heavy atom. The molecule has 1 heterocycles. The molecule has 0 aliphatic heterocycles. The smallest absolute Gasteiger partial charge is 0.310 e. The molecular weight excluding hydrogens is 330 g/mol. The third kappa shape index (κ3) is 3.82. The third-order valence-electron chi connectivity index (χ3n) is 3.29. The molecule has 21 heavy (non-hydrogen) atoms. The van der Waals surface area contributed by atoms with Gasteiger partial charge in [-0.15, -0.1) is 0 Å². The lowest BCUT2D eigenvalue weighted by Crippen LogP contribution is -2.10. The molecule has 0 saturated heterocycles. The highest BCUT2D eigenvalue weighted by Gasteiger charge is 2.15. The van der Waals surface area contributed by atoms with Crippen LogP contribution in [0.25, 0.3) is 10.9 Å². The van der Waals surface area contributed by atoms with E-state index in [9.17, 15) is 4.79 Å². The van der Waals surface area contributed by atoms with E-state index in [-0.39, 0.29) is 12.4 Å². The number of halogens is 1. The predicted molar refractivity (Wildman–Crippen MR) is 90.6 cm³/mol. The van der Waals surface area contributed by atoms with Crippen molar-refractivity contribution in [1.82, 2.24) is 4.98 Å². The second kappa shape index (κ2) is 8.13. The lowest BCUT2D eigenvalue weighted by atomic mass is 9.96. The summed E-state index contributed by atoms with van der Waals surface area (Å²) in [5.74, 6) is -0.228. The maximum absolute atomic E-state index is 11.5. The Morgan fingerprint density at radius 2 is 1.95 bits per heavy atom. The standard InChI is InChI=1S/C15H16BrNO2.C2H6/c1-4-10-11-6-5-7-13(16)15(11)17-9(2)12(10)8-14(18)19-3;1-2/h5-7H,4,8H2,1-3H3;1-2H3. The van der Waals surface area contributed by atoms with Gasteiger partial charge in [0.2, 0.25) is 0 Å². The average Bonchev–Trinajstić information content (AvgIpc) is 2.51. The van der Waals surface area contributed by atoms with Crippen LogP contribution in [0.3, 0.4) is 0 Å². The molecule has 1 aromatic carbocycles. The molecule has 0 atom stereocenters. The van der Waals surface area contributed by atoms with Crippen molar-refractivity contribution in [3.63, 3.8) is 0 Å². The first-order valence-corrected chi connectivity index (χ1v) is 8.01. The first-order chi connectivity index (χ1) is 10.1. The number of carbonyl (C=O) groups excluding carboxylic acids is 1. The highest BCUT2D eigenvalue weighted by atomic mass is 79.9. The Kier molecular flexibility index (Phi) is 6.82. The molecular formula is C17H22BrNO2. The summed E-state index contributed by atoms with van der Waals surface area (Å²) >= 11 is 3.53. The Labute approximate surface area is 134 Å². The maximum Gasteiger partial charge on any atom is 0.310 e. The molecule has 1 aromatic heterocycles. The van der Waals surface area contributed by atoms with Crippen molar-refractivity contribution in [2.24, 2.45) is 0 Å². The van der Waals surface area contributed by atoms with Gasteiger partial charge in [-0.2, -0.15) is 0 Å². The van der Waals surface area contributed by atoms with Crippen LogP contribution in [0, 0.1) is 6.92 Å². The van der Waals surface area contributed by atoms with E-state index < -0.39 is 0 Å². The van der Waals surface area contributed by atoms with Gasteiger partial charge >= 0.3 is 5.97 Å². The number of fused-ring (bicyclic) bond motifs is 1. The van der Waals surface area contributed by atoms with Gasteiger partial charge in [-0.1, -0.05) is 32.9 Å². The van der Waals surface area contributed by atoms with E-state index in [2.05, 4.69) is 27.8 Å².